The van der Waals surface area contributed by atoms with Crippen molar-refractivity contribution in [3.05, 3.63) is 158 Å². The Labute approximate surface area is 280 Å². The molecule has 11 rings (SSSR count). The Morgan fingerprint density at radius 3 is 1.37 bits per heavy atom. The van der Waals surface area contributed by atoms with Crippen LogP contribution in [0, 0.1) is 0 Å². The predicted molar refractivity (Wildman–Crippen MR) is 202 cm³/mol. The van der Waals surface area contributed by atoms with Gasteiger partial charge in [0.05, 0.1) is 0 Å². The summed E-state index contributed by atoms with van der Waals surface area (Å²) in [4.78, 5) is 0. The molecule has 0 unspecified atom stereocenters. The largest absolute Gasteiger partial charge is 0.456 e. The SMILES string of the molecule is c1ccc(-c2oc3cc4c(cc3c2-c2c3ccccc3c(-c3ccc5c(c3)oc3ccccc35)c3ccccc23)oc2ccccc24)cc1. The Kier molecular flexibility index (Phi) is 5.38. The zero-order valence-electron chi connectivity index (χ0n) is 26.2. The van der Waals surface area contributed by atoms with Gasteiger partial charge >= 0.3 is 0 Å². The van der Waals surface area contributed by atoms with Crippen LogP contribution in [-0.4, -0.2) is 0 Å². The average molecular weight is 627 g/mol. The van der Waals surface area contributed by atoms with Gasteiger partial charge in [-0.05, 0) is 69.1 Å². The first kappa shape index (κ1) is 26.5. The van der Waals surface area contributed by atoms with Crippen molar-refractivity contribution in [2.45, 2.75) is 0 Å². The molecule has 0 N–H and O–H groups in total. The fourth-order valence-electron chi connectivity index (χ4n) is 7.95. The van der Waals surface area contributed by atoms with Gasteiger partial charge in [0.15, 0.2) is 0 Å². The molecule has 3 heterocycles. The van der Waals surface area contributed by atoms with Gasteiger partial charge in [-0.25, -0.2) is 0 Å². The summed E-state index contributed by atoms with van der Waals surface area (Å²) in [5.74, 6) is 0.847. The van der Waals surface area contributed by atoms with E-state index < -0.39 is 0 Å². The van der Waals surface area contributed by atoms with Gasteiger partial charge in [0.1, 0.15) is 33.7 Å². The quantitative estimate of drug-likeness (QED) is 0.183. The first-order valence-corrected chi connectivity index (χ1v) is 16.6. The summed E-state index contributed by atoms with van der Waals surface area (Å²) in [5, 5.41) is 10.1. The predicted octanol–water partition coefficient (Wildman–Crippen LogP) is 13.5. The Morgan fingerprint density at radius 1 is 0.245 bits per heavy atom. The molecule has 0 amide bonds. The van der Waals surface area contributed by atoms with Crippen LogP contribution in [0.2, 0.25) is 0 Å². The van der Waals surface area contributed by atoms with E-state index in [0.29, 0.717) is 0 Å². The fraction of sp³-hybridized carbons (Fsp3) is 0. The van der Waals surface area contributed by atoms with E-state index in [4.69, 9.17) is 13.3 Å². The molecule has 3 heteroatoms. The van der Waals surface area contributed by atoms with Crippen molar-refractivity contribution in [1.29, 1.82) is 0 Å². The maximum Gasteiger partial charge on any atom is 0.143 e. The number of hydrogen-bond donors (Lipinski definition) is 0. The van der Waals surface area contributed by atoms with Gasteiger partial charge in [0.25, 0.3) is 0 Å². The second-order valence-corrected chi connectivity index (χ2v) is 12.8. The lowest BCUT2D eigenvalue weighted by Gasteiger charge is -2.18. The Morgan fingerprint density at radius 2 is 0.714 bits per heavy atom. The molecule has 0 aliphatic heterocycles. The van der Waals surface area contributed by atoms with Crippen LogP contribution in [0.4, 0.5) is 0 Å². The normalized spacial score (nSPS) is 12.1. The van der Waals surface area contributed by atoms with Crippen molar-refractivity contribution in [2.75, 3.05) is 0 Å². The summed E-state index contributed by atoms with van der Waals surface area (Å²) in [7, 11) is 0. The van der Waals surface area contributed by atoms with Crippen molar-refractivity contribution in [3.63, 3.8) is 0 Å². The van der Waals surface area contributed by atoms with E-state index in [2.05, 4.69) is 127 Å². The number of hydrogen-bond acceptors (Lipinski definition) is 3. The van der Waals surface area contributed by atoms with E-state index >= 15 is 0 Å². The molecule has 228 valence electrons. The average Bonchev–Trinajstić information content (AvgIpc) is 3.83. The van der Waals surface area contributed by atoms with E-state index in [1.807, 2.05) is 30.3 Å². The molecule has 0 atom stereocenters. The van der Waals surface area contributed by atoms with Crippen LogP contribution in [0.3, 0.4) is 0 Å². The highest BCUT2D eigenvalue weighted by Gasteiger charge is 2.25. The standard InChI is InChI=1S/C46H26O3/c1-2-12-27(13-3-1)46-45(37-26-41-36(25-42(37)49-46)30-15-9-11-21-39(30)48-41)44-34-18-6-4-16-32(34)43(33-17-5-7-19-35(33)44)28-22-23-31-29-14-8-10-20-38(29)47-40(31)24-28/h1-26H. The summed E-state index contributed by atoms with van der Waals surface area (Å²) in [6, 6.07) is 55.3. The lowest BCUT2D eigenvalue weighted by molar-refractivity contribution is 0.632. The molecule has 0 spiro atoms. The summed E-state index contributed by atoms with van der Waals surface area (Å²) >= 11 is 0. The van der Waals surface area contributed by atoms with Crippen molar-refractivity contribution in [3.8, 4) is 33.6 Å². The van der Waals surface area contributed by atoms with E-state index in [1.165, 1.54) is 16.3 Å². The van der Waals surface area contributed by atoms with Crippen LogP contribution >= 0.6 is 0 Å². The topological polar surface area (TPSA) is 39.4 Å². The highest BCUT2D eigenvalue weighted by atomic mass is 16.3. The third-order valence-corrected chi connectivity index (χ3v) is 10.1. The van der Waals surface area contributed by atoms with Gasteiger partial charge in [0, 0.05) is 43.6 Å². The van der Waals surface area contributed by atoms with Crippen LogP contribution in [0.15, 0.2) is 171 Å². The molecule has 0 bridgehead atoms. The smallest absolute Gasteiger partial charge is 0.143 e. The van der Waals surface area contributed by atoms with Crippen LogP contribution in [0.1, 0.15) is 0 Å². The third kappa shape index (κ3) is 3.78. The highest BCUT2D eigenvalue weighted by molar-refractivity contribution is 6.26. The minimum atomic E-state index is 0.834. The van der Waals surface area contributed by atoms with Crippen LogP contribution in [-0.2, 0) is 0 Å². The summed E-state index contributed by atoms with van der Waals surface area (Å²) in [5.41, 5.74) is 9.89. The molecule has 0 aliphatic carbocycles. The van der Waals surface area contributed by atoms with Crippen molar-refractivity contribution in [2.24, 2.45) is 0 Å². The third-order valence-electron chi connectivity index (χ3n) is 10.1. The number of para-hydroxylation sites is 2. The summed E-state index contributed by atoms with van der Waals surface area (Å²) in [6.45, 7) is 0. The van der Waals surface area contributed by atoms with Crippen LogP contribution in [0.5, 0.6) is 0 Å². The Balaban J connectivity index is 1.27. The van der Waals surface area contributed by atoms with Crippen LogP contribution < -0.4 is 0 Å². The molecule has 0 saturated heterocycles. The summed E-state index contributed by atoms with van der Waals surface area (Å²) < 4.78 is 19.7. The second kappa shape index (κ2) is 9.96. The molecular weight excluding hydrogens is 601 g/mol. The van der Waals surface area contributed by atoms with Crippen molar-refractivity contribution >= 4 is 76.4 Å². The van der Waals surface area contributed by atoms with Gasteiger partial charge in [-0.2, -0.15) is 0 Å². The monoisotopic (exact) mass is 626 g/mol. The van der Waals surface area contributed by atoms with Crippen molar-refractivity contribution < 1.29 is 13.3 Å². The molecule has 0 aliphatic rings. The van der Waals surface area contributed by atoms with E-state index in [1.54, 1.807) is 0 Å². The molecule has 8 aromatic carbocycles. The molecule has 0 saturated carbocycles. The fourth-order valence-corrected chi connectivity index (χ4v) is 7.95. The molecule has 49 heavy (non-hydrogen) atoms. The maximum absolute atomic E-state index is 6.90. The van der Waals surface area contributed by atoms with Crippen molar-refractivity contribution in [1.82, 2.24) is 0 Å². The lowest BCUT2D eigenvalue weighted by Crippen LogP contribution is -1.91. The lowest BCUT2D eigenvalue weighted by atomic mass is 9.84. The van der Waals surface area contributed by atoms with Gasteiger partial charge in [-0.1, -0.05) is 121 Å². The van der Waals surface area contributed by atoms with Crippen LogP contribution in [0.25, 0.3) is 110 Å². The number of furan rings is 3. The zero-order chi connectivity index (χ0) is 32.1. The van der Waals surface area contributed by atoms with Gasteiger partial charge in [-0.15, -0.1) is 0 Å². The van der Waals surface area contributed by atoms with Gasteiger partial charge in [0.2, 0.25) is 0 Å². The van der Waals surface area contributed by atoms with E-state index in [-0.39, 0.29) is 0 Å². The second-order valence-electron chi connectivity index (χ2n) is 12.8. The van der Waals surface area contributed by atoms with Gasteiger partial charge < -0.3 is 13.3 Å². The summed E-state index contributed by atoms with van der Waals surface area (Å²) in [6.07, 6.45) is 0. The van der Waals surface area contributed by atoms with E-state index in [0.717, 1.165) is 93.6 Å². The number of fused-ring (bicyclic) bond motifs is 9. The first-order chi connectivity index (χ1) is 24.3. The molecule has 0 radical (unpaired) electrons. The minimum Gasteiger partial charge on any atom is -0.456 e. The molecule has 3 nitrogen and oxygen atoms in total. The molecular formula is C46H26O3. The zero-order valence-corrected chi connectivity index (χ0v) is 26.2. The highest BCUT2D eigenvalue weighted by Crippen LogP contribution is 2.50. The number of benzene rings is 8. The molecule has 0 fully saturated rings. The van der Waals surface area contributed by atoms with Gasteiger partial charge in [-0.3, -0.25) is 0 Å². The maximum atomic E-state index is 6.90. The first-order valence-electron chi connectivity index (χ1n) is 16.6. The number of rotatable bonds is 3. The Hall–Kier alpha value is -6.58. The Bertz CT molecular complexity index is 3040. The molecule has 3 aromatic heterocycles. The van der Waals surface area contributed by atoms with E-state index in [9.17, 15) is 0 Å². The minimum absolute atomic E-state index is 0.834. The molecule has 11 aromatic rings.